The molecule has 4 heteroatoms. The second-order valence-corrected chi connectivity index (χ2v) is 6.63. The van der Waals surface area contributed by atoms with Crippen molar-refractivity contribution in [2.75, 3.05) is 0 Å². The van der Waals surface area contributed by atoms with E-state index in [-0.39, 0.29) is 22.8 Å². The van der Waals surface area contributed by atoms with Crippen molar-refractivity contribution < 1.29 is 20.1 Å². The Bertz CT molecular complexity index is 416. The lowest BCUT2D eigenvalue weighted by molar-refractivity contribution is -0.149. The monoisotopic (exact) mass is 268 g/mol. The first kappa shape index (κ1) is 14.5. The number of carboxylic acids is 1. The number of aliphatic hydroxyl groups excluding tert-OH is 1. The van der Waals surface area contributed by atoms with Crippen LogP contribution in [0.1, 0.15) is 46.5 Å². The Morgan fingerprint density at radius 3 is 2.47 bits per heavy atom. The minimum Gasteiger partial charge on any atom is -0.478 e. The van der Waals surface area contributed by atoms with E-state index in [9.17, 15) is 20.1 Å². The van der Waals surface area contributed by atoms with E-state index in [4.69, 9.17) is 0 Å². The Morgan fingerprint density at radius 2 is 1.89 bits per heavy atom. The van der Waals surface area contributed by atoms with E-state index in [0.29, 0.717) is 6.42 Å². The normalized spacial score (nSPS) is 47.0. The number of rotatable bonds is 1. The molecule has 0 saturated heterocycles. The Morgan fingerprint density at radius 1 is 1.32 bits per heavy atom. The molecular formula is C15H24O4. The highest BCUT2D eigenvalue weighted by Crippen LogP contribution is 2.53. The number of aliphatic carboxylic acids is 1. The number of carbonyl (C=O) groups is 1. The lowest BCUT2D eigenvalue weighted by Crippen LogP contribution is -2.57. The largest absolute Gasteiger partial charge is 0.478 e. The highest BCUT2D eigenvalue weighted by Gasteiger charge is 2.55. The first-order valence-electron chi connectivity index (χ1n) is 7.08. The van der Waals surface area contributed by atoms with Gasteiger partial charge in [0.2, 0.25) is 0 Å². The molecule has 0 aromatic rings. The van der Waals surface area contributed by atoms with Gasteiger partial charge in [0.1, 0.15) is 0 Å². The van der Waals surface area contributed by atoms with Crippen molar-refractivity contribution in [2.45, 2.75) is 58.2 Å². The summed E-state index contributed by atoms with van der Waals surface area (Å²) in [6.07, 6.45) is 3.91. The second kappa shape index (κ2) is 4.60. The lowest BCUT2D eigenvalue weighted by atomic mass is 9.57. The van der Waals surface area contributed by atoms with Crippen LogP contribution >= 0.6 is 0 Å². The number of hydrogen-bond donors (Lipinski definition) is 3. The molecule has 2 aliphatic carbocycles. The van der Waals surface area contributed by atoms with Gasteiger partial charge in [-0.3, -0.25) is 0 Å². The van der Waals surface area contributed by atoms with Gasteiger partial charge in [-0.25, -0.2) is 4.79 Å². The van der Waals surface area contributed by atoms with Gasteiger partial charge in [0.05, 0.1) is 11.7 Å². The molecule has 0 radical (unpaired) electrons. The van der Waals surface area contributed by atoms with Crippen LogP contribution in [0.2, 0.25) is 0 Å². The van der Waals surface area contributed by atoms with E-state index in [2.05, 4.69) is 0 Å². The van der Waals surface area contributed by atoms with Gasteiger partial charge in [-0.2, -0.15) is 0 Å². The summed E-state index contributed by atoms with van der Waals surface area (Å²) in [6, 6.07) is 0. The fourth-order valence-electron chi connectivity index (χ4n) is 3.73. The van der Waals surface area contributed by atoms with Gasteiger partial charge in [0.15, 0.2) is 0 Å². The van der Waals surface area contributed by atoms with Gasteiger partial charge in [-0.05, 0) is 37.7 Å². The van der Waals surface area contributed by atoms with Crippen LogP contribution in [0.25, 0.3) is 0 Å². The number of hydrogen-bond acceptors (Lipinski definition) is 3. The predicted molar refractivity (Wildman–Crippen MR) is 71.6 cm³/mol. The van der Waals surface area contributed by atoms with Gasteiger partial charge in [0.25, 0.3) is 0 Å². The van der Waals surface area contributed by atoms with Crippen LogP contribution in [0.5, 0.6) is 0 Å². The molecule has 0 unspecified atom stereocenters. The molecule has 2 rings (SSSR count). The molecule has 3 N–H and O–H groups in total. The molecule has 19 heavy (non-hydrogen) atoms. The van der Waals surface area contributed by atoms with Crippen LogP contribution in [0, 0.1) is 17.3 Å². The van der Waals surface area contributed by atoms with Crippen molar-refractivity contribution in [3.8, 4) is 0 Å². The van der Waals surface area contributed by atoms with Crippen LogP contribution in [-0.4, -0.2) is 33.0 Å². The molecule has 4 nitrogen and oxygen atoms in total. The molecule has 0 bridgehead atoms. The summed E-state index contributed by atoms with van der Waals surface area (Å²) in [6.45, 7) is 5.72. The second-order valence-electron chi connectivity index (χ2n) is 6.63. The first-order valence-corrected chi connectivity index (χ1v) is 7.08. The van der Waals surface area contributed by atoms with Gasteiger partial charge >= 0.3 is 5.97 Å². The third-order valence-corrected chi connectivity index (χ3v) is 5.51. The molecule has 1 saturated carbocycles. The molecule has 1 fully saturated rings. The zero-order valence-electron chi connectivity index (χ0n) is 11.9. The molecule has 2 aliphatic rings. The van der Waals surface area contributed by atoms with Crippen LogP contribution in [0.3, 0.4) is 0 Å². The number of aliphatic hydroxyl groups is 2. The molecule has 0 aromatic heterocycles. The maximum absolute atomic E-state index is 11.4. The Hall–Kier alpha value is -0.870. The standard InChI is InChI=1S/C15H24O4/c1-9-4-6-14(3)7-5-12(16)10(2)15(14,19)8-11(9)13(17)18/h8-10,12,16,19H,4-7H2,1-3H3,(H,17,18)/t9-,10-,12-,14-,15+/m0/s1. The molecule has 0 spiro atoms. The molecule has 108 valence electrons. The average molecular weight is 268 g/mol. The fraction of sp³-hybridized carbons (Fsp3) is 0.800. The number of fused-ring (bicyclic) bond motifs is 1. The topological polar surface area (TPSA) is 77.8 Å². The highest BCUT2D eigenvalue weighted by atomic mass is 16.4. The van der Waals surface area contributed by atoms with Crippen molar-refractivity contribution in [2.24, 2.45) is 17.3 Å². The minimum absolute atomic E-state index is 0.0618. The van der Waals surface area contributed by atoms with Crippen LogP contribution in [0.4, 0.5) is 0 Å². The van der Waals surface area contributed by atoms with Crippen LogP contribution in [-0.2, 0) is 4.79 Å². The minimum atomic E-state index is -1.23. The van der Waals surface area contributed by atoms with Gasteiger partial charge in [-0.15, -0.1) is 0 Å². The molecule has 0 aromatic carbocycles. The van der Waals surface area contributed by atoms with E-state index >= 15 is 0 Å². The zero-order chi connectivity index (χ0) is 14.4. The summed E-state index contributed by atoms with van der Waals surface area (Å²) in [7, 11) is 0. The maximum Gasteiger partial charge on any atom is 0.331 e. The summed E-state index contributed by atoms with van der Waals surface area (Å²) < 4.78 is 0. The summed E-state index contributed by atoms with van der Waals surface area (Å²) >= 11 is 0. The summed E-state index contributed by atoms with van der Waals surface area (Å²) in [5.41, 5.74) is -1.30. The molecule has 0 amide bonds. The smallest absolute Gasteiger partial charge is 0.331 e. The Kier molecular flexibility index (Phi) is 3.52. The predicted octanol–water partition coefficient (Wildman–Crippen LogP) is 1.96. The van der Waals surface area contributed by atoms with Crippen molar-refractivity contribution in [1.82, 2.24) is 0 Å². The highest BCUT2D eigenvalue weighted by molar-refractivity contribution is 5.87. The third kappa shape index (κ3) is 2.11. The SMILES string of the molecule is C[C@H]1CC[C@@]2(C)CC[C@H](O)[C@H](C)[C@]2(O)C=C1C(=O)O. The first-order chi connectivity index (χ1) is 8.71. The average Bonchev–Trinajstić information content (AvgIpc) is 2.45. The van der Waals surface area contributed by atoms with E-state index in [1.807, 2.05) is 20.8 Å². The summed E-state index contributed by atoms with van der Waals surface area (Å²) in [5.74, 6) is -1.36. The molecule has 5 atom stereocenters. The van der Waals surface area contributed by atoms with E-state index in [0.717, 1.165) is 19.3 Å². The van der Waals surface area contributed by atoms with Crippen molar-refractivity contribution in [1.29, 1.82) is 0 Å². The zero-order valence-corrected chi connectivity index (χ0v) is 11.9. The fourth-order valence-corrected chi connectivity index (χ4v) is 3.73. The third-order valence-electron chi connectivity index (χ3n) is 5.51. The Balaban J connectivity index is 2.53. The molecule has 0 heterocycles. The summed E-state index contributed by atoms with van der Waals surface area (Å²) in [4.78, 5) is 11.4. The van der Waals surface area contributed by atoms with E-state index in [1.165, 1.54) is 6.08 Å². The lowest BCUT2D eigenvalue weighted by Gasteiger charge is -2.52. The summed E-state index contributed by atoms with van der Waals surface area (Å²) in [5, 5.41) is 30.5. The van der Waals surface area contributed by atoms with Gasteiger partial charge in [-0.1, -0.05) is 20.8 Å². The van der Waals surface area contributed by atoms with Crippen LogP contribution < -0.4 is 0 Å². The maximum atomic E-state index is 11.4. The quantitative estimate of drug-likeness (QED) is 0.679. The van der Waals surface area contributed by atoms with Crippen molar-refractivity contribution >= 4 is 5.97 Å². The number of carboxylic acid groups (broad SMARTS) is 1. The van der Waals surface area contributed by atoms with E-state index in [1.54, 1.807) is 0 Å². The Labute approximate surface area is 114 Å². The van der Waals surface area contributed by atoms with Crippen LogP contribution in [0.15, 0.2) is 11.6 Å². The van der Waals surface area contributed by atoms with Crippen molar-refractivity contribution in [3.63, 3.8) is 0 Å². The van der Waals surface area contributed by atoms with Gasteiger partial charge < -0.3 is 15.3 Å². The molecule has 0 aliphatic heterocycles. The molecular weight excluding hydrogens is 244 g/mol. The van der Waals surface area contributed by atoms with Crippen molar-refractivity contribution in [3.05, 3.63) is 11.6 Å². The van der Waals surface area contributed by atoms with Gasteiger partial charge in [0, 0.05) is 16.9 Å². The van der Waals surface area contributed by atoms with E-state index < -0.39 is 17.7 Å².